The maximum Gasteiger partial charge on any atom is 0.0433 e. The molecule has 1 heterocycles. The van der Waals surface area contributed by atoms with Crippen LogP contribution in [0.2, 0.25) is 0 Å². The van der Waals surface area contributed by atoms with Crippen molar-refractivity contribution in [3.63, 3.8) is 0 Å². The highest BCUT2D eigenvalue weighted by Crippen LogP contribution is 2.44. The van der Waals surface area contributed by atoms with Crippen LogP contribution >= 0.6 is 11.3 Å². The maximum absolute atomic E-state index is 2.42. The lowest BCUT2D eigenvalue weighted by Gasteiger charge is -2.07. The first-order valence-electron chi connectivity index (χ1n) is 11.0. The van der Waals surface area contributed by atoms with E-state index in [0.29, 0.717) is 0 Å². The topological polar surface area (TPSA) is 0 Å². The van der Waals surface area contributed by atoms with Crippen LogP contribution < -0.4 is 0 Å². The predicted octanol–water partition coefficient (Wildman–Crippen LogP) is 8.64. The molecule has 0 atom stereocenters. The first-order chi connectivity index (χ1) is 14.8. The van der Waals surface area contributed by atoms with Crippen molar-refractivity contribution in [2.45, 2.75) is 32.6 Å². The molecule has 1 aromatic heterocycles. The summed E-state index contributed by atoms with van der Waals surface area (Å²) in [6.45, 7) is 2.27. The van der Waals surface area contributed by atoms with Crippen molar-refractivity contribution in [2.24, 2.45) is 0 Å². The van der Waals surface area contributed by atoms with Crippen molar-refractivity contribution < 1.29 is 0 Å². The minimum Gasteiger partial charge on any atom is -0.134 e. The van der Waals surface area contributed by atoms with E-state index < -0.39 is 0 Å². The quantitative estimate of drug-likeness (QED) is 0.276. The van der Waals surface area contributed by atoms with Crippen LogP contribution in [-0.2, 0) is 12.8 Å². The summed E-state index contributed by atoms with van der Waals surface area (Å²) in [5.74, 6) is 0. The molecule has 0 aliphatic heterocycles. The molecule has 1 aliphatic rings. The number of rotatable bonds is 4. The average molecular weight is 405 g/mol. The zero-order valence-electron chi connectivity index (χ0n) is 17.2. The van der Waals surface area contributed by atoms with Gasteiger partial charge in [0.05, 0.1) is 0 Å². The van der Waals surface area contributed by atoms with Gasteiger partial charge in [0.25, 0.3) is 0 Å². The molecule has 1 heteroatoms. The molecule has 0 saturated carbocycles. The normalized spacial score (nSPS) is 12.4. The number of thiophene rings is 1. The Bertz CT molecular complexity index is 1400. The highest BCUT2D eigenvalue weighted by atomic mass is 32.1. The minimum absolute atomic E-state index is 1.06. The monoisotopic (exact) mass is 404 g/mol. The molecular weight excluding hydrogens is 380 g/mol. The third-order valence-corrected chi connectivity index (χ3v) is 7.85. The van der Waals surface area contributed by atoms with Crippen LogP contribution in [0, 0.1) is 0 Å². The van der Waals surface area contributed by atoms with Gasteiger partial charge in [-0.15, -0.1) is 11.3 Å². The molecular formula is C29H24S. The molecule has 0 saturated heterocycles. The Morgan fingerprint density at radius 1 is 0.700 bits per heavy atom. The van der Waals surface area contributed by atoms with Gasteiger partial charge in [-0.05, 0) is 64.3 Å². The lowest BCUT2D eigenvalue weighted by molar-refractivity contribution is 0.799. The zero-order chi connectivity index (χ0) is 20.1. The standard InChI is InChI=1S/C29H24S/c1-2-3-8-19-10-6-13-25-26-14-7-12-24(29(26)30-28(19)25)22-16-15-21-17-20-9-4-5-11-23(20)27(21)18-22/h4-7,9-16,18H,2-3,8,17H2,1H3. The van der Waals surface area contributed by atoms with Crippen LogP contribution in [0.3, 0.4) is 0 Å². The highest BCUT2D eigenvalue weighted by Gasteiger charge is 2.19. The van der Waals surface area contributed by atoms with E-state index in [1.807, 2.05) is 11.3 Å². The Morgan fingerprint density at radius 2 is 1.47 bits per heavy atom. The van der Waals surface area contributed by atoms with Gasteiger partial charge in [0, 0.05) is 20.2 Å². The number of hydrogen-bond acceptors (Lipinski definition) is 1. The van der Waals surface area contributed by atoms with Crippen molar-refractivity contribution in [1.29, 1.82) is 0 Å². The van der Waals surface area contributed by atoms with Gasteiger partial charge in [0.15, 0.2) is 0 Å². The molecule has 0 bridgehead atoms. The molecule has 0 amide bonds. The van der Waals surface area contributed by atoms with Gasteiger partial charge in [-0.1, -0.05) is 86.1 Å². The number of hydrogen-bond donors (Lipinski definition) is 0. The molecule has 5 aromatic rings. The van der Waals surface area contributed by atoms with Crippen LogP contribution in [-0.4, -0.2) is 0 Å². The predicted molar refractivity (Wildman–Crippen MR) is 132 cm³/mol. The van der Waals surface area contributed by atoms with E-state index in [4.69, 9.17) is 0 Å². The number of unbranched alkanes of at least 4 members (excludes halogenated alkanes) is 1. The summed E-state index contributed by atoms with van der Waals surface area (Å²) >= 11 is 1.98. The number of fused-ring (bicyclic) bond motifs is 6. The van der Waals surface area contributed by atoms with Gasteiger partial charge in [0.2, 0.25) is 0 Å². The van der Waals surface area contributed by atoms with Gasteiger partial charge in [-0.3, -0.25) is 0 Å². The fraction of sp³-hybridized carbons (Fsp3) is 0.172. The molecule has 1 aliphatic carbocycles. The van der Waals surface area contributed by atoms with Crippen LogP contribution in [0.5, 0.6) is 0 Å². The van der Waals surface area contributed by atoms with Crippen LogP contribution in [0.1, 0.15) is 36.5 Å². The van der Waals surface area contributed by atoms with Gasteiger partial charge in [-0.2, -0.15) is 0 Å². The molecule has 0 nitrogen and oxygen atoms in total. The molecule has 4 aromatic carbocycles. The average Bonchev–Trinajstić information content (AvgIpc) is 3.36. The van der Waals surface area contributed by atoms with Crippen LogP contribution in [0.4, 0.5) is 0 Å². The fourth-order valence-corrected chi connectivity index (χ4v) is 6.34. The van der Waals surface area contributed by atoms with Crippen LogP contribution in [0.15, 0.2) is 78.9 Å². The fourth-order valence-electron chi connectivity index (χ4n) is 4.96. The summed E-state index contributed by atoms with van der Waals surface area (Å²) in [6.07, 6.45) is 4.72. The minimum atomic E-state index is 1.06. The van der Waals surface area contributed by atoms with Gasteiger partial charge in [-0.25, -0.2) is 0 Å². The molecule has 0 fully saturated rings. The van der Waals surface area contributed by atoms with E-state index in [1.54, 1.807) is 0 Å². The van der Waals surface area contributed by atoms with E-state index in [0.717, 1.165) is 6.42 Å². The van der Waals surface area contributed by atoms with E-state index >= 15 is 0 Å². The Hall–Kier alpha value is -2.90. The molecule has 30 heavy (non-hydrogen) atoms. The summed E-state index contributed by atoms with van der Waals surface area (Å²) in [5.41, 5.74) is 9.91. The largest absolute Gasteiger partial charge is 0.134 e. The Balaban J connectivity index is 1.55. The second-order valence-corrected chi connectivity index (χ2v) is 9.41. The lowest BCUT2D eigenvalue weighted by atomic mass is 9.97. The summed E-state index contributed by atoms with van der Waals surface area (Å²) < 4.78 is 2.89. The summed E-state index contributed by atoms with van der Waals surface area (Å²) in [4.78, 5) is 0. The smallest absolute Gasteiger partial charge is 0.0433 e. The van der Waals surface area contributed by atoms with Gasteiger partial charge < -0.3 is 0 Å². The van der Waals surface area contributed by atoms with Gasteiger partial charge in [0.1, 0.15) is 0 Å². The molecule has 0 unspecified atom stereocenters. The third kappa shape index (κ3) is 2.73. The summed E-state index contributed by atoms with van der Waals surface area (Å²) in [7, 11) is 0. The highest BCUT2D eigenvalue weighted by molar-refractivity contribution is 7.26. The van der Waals surface area contributed by atoms with Crippen molar-refractivity contribution in [3.05, 3.63) is 95.6 Å². The second kappa shape index (κ2) is 7.11. The van der Waals surface area contributed by atoms with E-state index in [1.165, 1.54) is 78.4 Å². The Labute approximate surface area is 181 Å². The number of aryl methyl sites for hydroxylation is 1. The second-order valence-electron chi connectivity index (χ2n) is 8.39. The van der Waals surface area contributed by atoms with E-state index in [-0.39, 0.29) is 0 Å². The van der Waals surface area contributed by atoms with E-state index in [2.05, 4.69) is 85.8 Å². The lowest BCUT2D eigenvalue weighted by Crippen LogP contribution is -1.84. The summed E-state index contributed by atoms with van der Waals surface area (Å²) in [5, 5.41) is 2.81. The van der Waals surface area contributed by atoms with E-state index in [9.17, 15) is 0 Å². The first kappa shape index (κ1) is 17.9. The van der Waals surface area contributed by atoms with Crippen molar-refractivity contribution >= 4 is 31.5 Å². The molecule has 6 rings (SSSR count). The van der Waals surface area contributed by atoms with Crippen molar-refractivity contribution in [1.82, 2.24) is 0 Å². The maximum atomic E-state index is 2.42. The van der Waals surface area contributed by atoms with Crippen LogP contribution in [0.25, 0.3) is 42.4 Å². The molecule has 0 N–H and O–H groups in total. The van der Waals surface area contributed by atoms with Crippen molar-refractivity contribution in [3.8, 4) is 22.3 Å². The SMILES string of the molecule is CCCCc1cccc2c1sc1c(-c3ccc4c(c3)-c3ccccc3C4)cccc12. The zero-order valence-corrected chi connectivity index (χ0v) is 18.1. The Kier molecular flexibility index (Phi) is 4.24. The third-order valence-electron chi connectivity index (χ3n) is 6.51. The first-order valence-corrected chi connectivity index (χ1v) is 11.8. The Morgan fingerprint density at radius 3 is 2.37 bits per heavy atom. The molecule has 146 valence electrons. The van der Waals surface area contributed by atoms with Gasteiger partial charge >= 0.3 is 0 Å². The van der Waals surface area contributed by atoms with Crippen molar-refractivity contribution in [2.75, 3.05) is 0 Å². The number of benzene rings is 4. The molecule has 0 radical (unpaired) electrons. The summed E-state index contributed by atoms with van der Waals surface area (Å²) in [6, 6.07) is 29.6. The molecule has 0 spiro atoms.